The van der Waals surface area contributed by atoms with E-state index in [4.69, 9.17) is 0 Å². The average Bonchev–Trinajstić information content (AvgIpc) is 2.71. The Balaban J connectivity index is 0.00000180. The van der Waals surface area contributed by atoms with Crippen molar-refractivity contribution < 1.29 is 4.79 Å². The summed E-state index contributed by atoms with van der Waals surface area (Å²) < 4.78 is 1.83. The fraction of sp³-hybridized carbons (Fsp3) is 0.692. The molecular formula is C13H23ClN4O. The summed E-state index contributed by atoms with van der Waals surface area (Å²) in [6.45, 7) is 4.97. The van der Waals surface area contributed by atoms with Gasteiger partial charge in [0.2, 0.25) is 5.91 Å². The van der Waals surface area contributed by atoms with Crippen LogP contribution in [0, 0.1) is 6.92 Å². The topological polar surface area (TPSA) is 59.0 Å². The number of hydrogen-bond acceptors (Lipinski definition) is 3. The quantitative estimate of drug-likeness (QED) is 0.885. The van der Waals surface area contributed by atoms with Crippen molar-refractivity contribution in [1.82, 2.24) is 20.4 Å². The van der Waals surface area contributed by atoms with E-state index in [1.165, 1.54) is 6.42 Å². The zero-order valence-electron chi connectivity index (χ0n) is 11.8. The zero-order valence-corrected chi connectivity index (χ0v) is 12.6. The predicted octanol–water partition coefficient (Wildman–Crippen LogP) is 1.47. The lowest BCUT2D eigenvalue weighted by atomic mass is 10.0. The van der Waals surface area contributed by atoms with E-state index >= 15 is 0 Å². The molecule has 2 heterocycles. The van der Waals surface area contributed by atoms with Crippen LogP contribution in [0.15, 0.2) is 6.20 Å². The van der Waals surface area contributed by atoms with Gasteiger partial charge < -0.3 is 10.6 Å². The van der Waals surface area contributed by atoms with Gasteiger partial charge in [-0.05, 0) is 33.2 Å². The molecule has 2 atom stereocenters. The molecule has 0 aromatic carbocycles. The molecule has 1 fully saturated rings. The molecule has 0 saturated carbocycles. The maximum Gasteiger partial charge on any atom is 0.237 e. The molecule has 2 rings (SSSR count). The Morgan fingerprint density at radius 3 is 2.84 bits per heavy atom. The van der Waals surface area contributed by atoms with Gasteiger partial charge in [0.05, 0.1) is 18.3 Å². The molecule has 6 heteroatoms. The third kappa shape index (κ3) is 3.70. The lowest BCUT2D eigenvalue weighted by Gasteiger charge is -2.24. The van der Waals surface area contributed by atoms with Gasteiger partial charge >= 0.3 is 0 Å². The maximum absolute atomic E-state index is 12.1. The monoisotopic (exact) mass is 286 g/mol. The molecule has 0 spiro atoms. The number of nitrogens with one attached hydrogen (secondary N) is 2. The molecule has 1 amide bonds. The van der Waals surface area contributed by atoms with Crippen LogP contribution in [0.4, 0.5) is 0 Å². The van der Waals surface area contributed by atoms with E-state index in [9.17, 15) is 4.79 Å². The molecule has 0 bridgehead atoms. The van der Waals surface area contributed by atoms with E-state index < -0.39 is 0 Å². The highest BCUT2D eigenvalue weighted by Crippen LogP contribution is 2.16. The lowest BCUT2D eigenvalue weighted by Crippen LogP contribution is -2.47. The number of aryl methyl sites for hydroxylation is 1. The highest BCUT2D eigenvalue weighted by atomic mass is 35.5. The van der Waals surface area contributed by atoms with E-state index in [1.807, 2.05) is 31.8 Å². The number of nitrogens with zero attached hydrogens (tertiary/aromatic N) is 2. The first-order valence-electron chi connectivity index (χ1n) is 6.62. The number of halogens is 1. The molecule has 0 aliphatic carbocycles. The zero-order chi connectivity index (χ0) is 13.1. The minimum Gasteiger partial charge on any atom is -0.348 e. The number of rotatable bonds is 3. The second-order valence-corrected chi connectivity index (χ2v) is 5.04. The third-order valence-corrected chi connectivity index (χ3v) is 3.73. The molecule has 5 nitrogen and oxygen atoms in total. The van der Waals surface area contributed by atoms with Crippen LogP contribution >= 0.6 is 12.4 Å². The molecule has 108 valence electrons. The van der Waals surface area contributed by atoms with Crippen LogP contribution in [0.5, 0.6) is 0 Å². The van der Waals surface area contributed by atoms with Crippen LogP contribution < -0.4 is 10.6 Å². The Bertz CT molecular complexity index is 426. The summed E-state index contributed by atoms with van der Waals surface area (Å²) in [5.74, 6) is 0.102. The van der Waals surface area contributed by atoms with Gasteiger partial charge in [0.1, 0.15) is 0 Å². The summed E-state index contributed by atoms with van der Waals surface area (Å²) >= 11 is 0. The van der Waals surface area contributed by atoms with Crippen molar-refractivity contribution >= 4 is 18.3 Å². The van der Waals surface area contributed by atoms with Crippen LogP contribution in [0.25, 0.3) is 0 Å². The minimum absolute atomic E-state index is 0. The Labute approximate surface area is 120 Å². The summed E-state index contributed by atoms with van der Waals surface area (Å²) in [6, 6.07) is -0.0203. The number of carbonyl (C=O) groups is 1. The summed E-state index contributed by atoms with van der Waals surface area (Å²) in [5.41, 5.74) is 2.18. The smallest absolute Gasteiger partial charge is 0.237 e. The number of hydrogen-bond donors (Lipinski definition) is 2. The molecule has 1 aliphatic heterocycles. The summed E-state index contributed by atoms with van der Waals surface area (Å²) in [5, 5.41) is 10.5. The van der Waals surface area contributed by atoms with Crippen molar-refractivity contribution in [2.24, 2.45) is 7.05 Å². The summed E-state index contributed by atoms with van der Waals surface area (Å²) in [4.78, 5) is 12.1. The Kier molecular flexibility index (Phi) is 5.82. The summed E-state index contributed by atoms with van der Waals surface area (Å²) in [7, 11) is 1.91. The second-order valence-electron chi connectivity index (χ2n) is 5.04. The SMILES string of the molecule is Cc1c(C(C)NC(=O)[C@@H]2CCCCN2)cnn1C.Cl. The normalized spacial score (nSPS) is 20.5. The molecule has 1 aromatic heterocycles. The van der Waals surface area contributed by atoms with Crippen molar-refractivity contribution in [3.63, 3.8) is 0 Å². The van der Waals surface area contributed by atoms with Gasteiger partial charge in [-0.3, -0.25) is 9.48 Å². The largest absolute Gasteiger partial charge is 0.348 e. The molecule has 1 aromatic rings. The van der Waals surface area contributed by atoms with E-state index in [0.717, 1.165) is 30.6 Å². The van der Waals surface area contributed by atoms with Crippen molar-refractivity contribution in [2.75, 3.05) is 6.54 Å². The predicted molar refractivity (Wildman–Crippen MR) is 77.4 cm³/mol. The summed E-state index contributed by atoms with van der Waals surface area (Å²) in [6.07, 6.45) is 5.06. The van der Waals surface area contributed by atoms with Gasteiger partial charge in [-0.2, -0.15) is 5.10 Å². The number of aromatic nitrogens is 2. The van der Waals surface area contributed by atoms with Crippen LogP contribution in [-0.4, -0.2) is 28.3 Å². The number of amides is 1. The third-order valence-electron chi connectivity index (χ3n) is 3.73. The van der Waals surface area contributed by atoms with Crippen LogP contribution in [0.3, 0.4) is 0 Å². The Morgan fingerprint density at radius 2 is 2.32 bits per heavy atom. The fourth-order valence-electron chi connectivity index (χ4n) is 2.41. The van der Waals surface area contributed by atoms with Gasteiger partial charge in [0.25, 0.3) is 0 Å². The van der Waals surface area contributed by atoms with Crippen LogP contribution in [-0.2, 0) is 11.8 Å². The van der Waals surface area contributed by atoms with Crippen LogP contribution in [0.1, 0.15) is 43.5 Å². The second kappa shape index (κ2) is 6.91. The lowest BCUT2D eigenvalue weighted by molar-refractivity contribution is -0.124. The van der Waals surface area contributed by atoms with Gasteiger partial charge in [0.15, 0.2) is 0 Å². The first-order chi connectivity index (χ1) is 8.59. The molecule has 2 N–H and O–H groups in total. The van der Waals surface area contributed by atoms with E-state index in [1.54, 1.807) is 0 Å². The van der Waals surface area contributed by atoms with Gasteiger partial charge in [-0.15, -0.1) is 12.4 Å². The minimum atomic E-state index is -0.0295. The number of carbonyl (C=O) groups excluding carboxylic acids is 1. The van der Waals surface area contributed by atoms with Crippen LogP contribution in [0.2, 0.25) is 0 Å². The van der Waals surface area contributed by atoms with Crippen molar-refractivity contribution in [2.45, 2.75) is 45.2 Å². The highest BCUT2D eigenvalue weighted by molar-refractivity contribution is 5.85. The van der Waals surface area contributed by atoms with Crippen molar-refractivity contribution in [3.8, 4) is 0 Å². The Morgan fingerprint density at radius 1 is 1.58 bits per heavy atom. The van der Waals surface area contributed by atoms with Gasteiger partial charge in [0, 0.05) is 18.3 Å². The standard InChI is InChI=1S/C13H22N4O.ClH/c1-9(11-8-15-17(3)10(11)2)16-13(18)12-6-4-5-7-14-12;/h8-9,12,14H,4-7H2,1-3H3,(H,16,18);1H/t9?,12-;/m0./s1. The molecule has 1 aliphatic rings. The maximum atomic E-state index is 12.1. The molecule has 19 heavy (non-hydrogen) atoms. The van der Waals surface area contributed by atoms with E-state index in [0.29, 0.717) is 0 Å². The van der Waals surface area contributed by atoms with E-state index in [2.05, 4.69) is 15.7 Å². The first kappa shape index (κ1) is 16.0. The molecular weight excluding hydrogens is 264 g/mol. The van der Waals surface area contributed by atoms with Crippen molar-refractivity contribution in [1.29, 1.82) is 0 Å². The number of piperidine rings is 1. The van der Waals surface area contributed by atoms with Crippen molar-refractivity contribution in [3.05, 3.63) is 17.5 Å². The fourth-order valence-corrected chi connectivity index (χ4v) is 2.41. The molecule has 0 radical (unpaired) electrons. The first-order valence-corrected chi connectivity index (χ1v) is 6.62. The van der Waals surface area contributed by atoms with Gasteiger partial charge in [-0.1, -0.05) is 6.42 Å². The molecule has 1 unspecified atom stereocenters. The Hall–Kier alpha value is -1.07. The molecule has 1 saturated heterocycles. The van der Waals surface area contributed by atoms with Gasteiger partial charge in [-0.25, -0.2) is 0 Å². The van der Waals surface area contributed by atoms with E-state index in [-0.39, 0.29) is 30.4 Å². The average molecular weight is 287 g/mol. The highest BCUT2D eigenvalue weighted by Gasteiger charge is 2.23.